The Bertz CT molecular complexity index is 1010. The molecule has 0 spiro atoms. The fourth-order valence-corrected chi connectivity index (χ4v) is 3.06. The van der Waals surface area contributed by atoms with E-state index in [1.165, 1.54) is 35.6 Å². The zero-order valence-corrected chi connectivity index (χ0v) is 15.3. The summed E-state index contributed by atoms with van der Waals surface area (Å²) in [5, 5.41) is 7.37. The minimum absolute atomic E-state index is 0.0534. The van der Waals surface area contributed by atoms with Crippen molar-refractivity contribution in [3.63, 3.8) is 0 Å². The minimum atomic E-state index is -0.572. The SMILES string of the molecule is NC(=O)c1cc(-c2csc(NC(=O)CCNC(=O)c3ccc(F)cc3)n2)c[nH]1. The van der Waals surface area contributed by atoms with Crippen LogP contribution in [0.15, 0.2) is 41.9 Å². The fourth-order valence-electron chi connectivity index (χ4n) is 2.32. The van der Waals surface area contributed by atoms with Gasteiger partial charge >= 0.3 is 0 Å². The van der Waals surface area contributed by atoms with E-state index in [-0.39, 0.29) is 30.5 Å². The van der Waals surface area contributed by atoms with E-state index in [1.54, 1.807) is 17.6 Å². The Hall–Kier alpha value is -3.53. The maximum Gasteiger partial charge on any atom is 0.265 e. The molecule has 0 radical (unpaired) electrons. The van der Waals surface area contributed by atoms with Crippen LogP contribution < -0.4 is 16.4 Å². The second-order valence-electron chi connectivity index (χ2n) is 5.77. The highest BCUT2D eigenvalue weighted by Crippen LogP contribution is 2.25. The number of aromatic amines is 1. The molecule has 0 fully saturated rings. The third kappa shape index (κ3) is 4.80. The quantitative estimate of drug-likeness (QED) is 0.483. The molecule has 2 heterocycles. The highest BCUT2D eigenvalue weighted by molar-refractivity contribution is 7.14. The van der Waals surface area contributed by atoms with E-state index in [2.05, 4.69) is 20.6 Å². The van der Waals surface area contributed by atoms with Gasteiger partial charge in [0.2, 0.25) is 5.91 Å². The zero-order chi connectivity index (χ0) is 20.1. The second-order valence-corrected chi connectivity index (χ2v) is 6.62. The molecule has 0 aliphatic heterocycles. The van der Waals surface area contributed by atoms with Crippen LogP contribution in [0.2, 0.25) is 0 Å². The first-order valence-corrected chi connectivity index (χ1v) is 9.08. The lowest BCUT2D eigenvalue weighted by Crippen LogP contribution is -2.27. The van der Waals surface area contributed by atoms with Gasteiger partial charge in [-0.25, -0.2) is 9.37 Å². The van der Waals surface area contributed by atoms with Crippen LogP contribution in [0, 0.1) is 5.82 Å². The smallest absolute Gasteiger partial charge is 0.265 e. The number of aromatic nitrogens is 2. The topological polar surface area (TPSA) is 130 Å². The largest absolute Gasteiger partial charge is 0.364 e. The summed E-state index contributed by atoms with van der Waals surface area (Å²) in [5.41, 5.74) is 7.05. The molecule has 0 aliphatic rings. The Kier molecular flexibility index (Phi) is 5.80. The van der Waals surface area contributed by atoms with Gasteiger partial charge in [0, 0.05) is 35.7 Å². The summed E-state index contributed by atoms with van der Waals surface area (Å²) in [5.74, 6) is -1.70. The Morgan fingerprint density at radius 2 is 1.96 bits per heavy atom. The van der Waals surface area contributed by atoms with Crippen LogP contribution in [-0.4, -0.2) is 34.2 Å². The zero-order valence-electron chi connectivity index (χ0n) is 14.5. The van der Waals surface area contributed by atoms with Crippen molar-refractivity contribution in [3.8, 4) is 11.3 Å². The van der Waals surface area contributed by atoms with Crippen LogP contribution in [-0.2, 0) is 4.79 Å². The molecule has 1 aromatic carbocycles. The highest BCUT2D eigenvalue weighted by Gasteiger charge is 2.12. The number of hydrogen-bond acceptors (Lipinski definition) is 5. The molecule has 0 saturated heterocycles. The first-order valence-electron chi connectivity index (χ1n) is 8.20. The molecule has 3 aromatic rings. The number of rotatable bonds is 7. The fraction of sp³-hybridized carbons (Fsp3) is 0.111. The Morgan fingerprint density at radius 1 is 1.21 bits per heavy atom. The van der Waals surface area contributed by atoms with E-state index in [1.807, 2.05) is 0 Å². The number of carbonyl (C=O) groups excluding carboxylic acids is 3. The summed E-state index contributed by atoms with van der Waals surface area (Å²) in [7, 11) is 0. The number of anilines is 1. The molecule has 0 atom stereocenters. The molecule has 5 N–H and O–H groups in total. The average molecular weight is 401 g/mol. The first-order chi connectivity index (χ1) is 13.4. The number of nitrogens with one attached hydrogen (secondary N) is 3. The molecule has 3 rings (SSSR count). The first kappa shape index (κ1) is 19.2. The van der Waals surface area contributed by atoms with Gasteiger partial charge in [0.25, 0.3) is 11.8 Å². The lowest BCUT2D eigenvalue weighted by atomic mass is 10.2. The number of carbonyl (C=O) groups is 3. The molecule has 2 aromatic heterocycles. The Morgan fingerprint density at radius 3 is 2.64 bits per heavy atom. The maximum atomic E-state index is 12.8. The maximum absolute atomic E-state index is 12.8. The van der Waals surface area contributed by atoms with Gasteiger partial charge in [0.1, 0.15) is 11.5 Å². The number of primary amides is 1. The van der Waals surface area contributed by atoms with Crippen molar-refractivity contribution >= 4 is 34.2 Å². The summed E-state index contributed by atoms with van der Waals surface area (Å²) < 4.78 is 12.8. The standard InChI is InChI=1S/C18H16FN5O3S/c19-12-3-1-10(2-4-12)17(27)21-6-5-15(25)24-18-23-14(9-28-18)11-7-13(16(20)26)22-8-11/h1-4,7-9,22H,5-6H2,(H2,20,26)(H,21,27)(H,23,24,25). The molecule has 0 bridgehead atoms. The van der Waals surface area contributed by atoms with Crippen LogP contribution >= 0.6 is 11.3 Å². The average Bonchev–Trinajstić information content (AvgIpc) is 3.31. The summed E-state index contributed by atoms with van der Waals surface area (Å²) >= 11 is 1.23. The highest BCUT2D eigenvalue weighted by atomic mass is 32.1. The lowest BCUT2D eigenvalue weighted by molar-refractivity contribution is -0.116. The van der Waals surface area contributed by atoms with Gasteiger partial charge < -0.3 is 21.4 Å². The summed E-state index contributed by atoms with van der Waals surface area (Å²) in [4.78, 5) is 42.1. The van der Waals surface area contributed by atoms with Crippen molar-refractivity contribution in [2.75, 3.05) is 11.9 Å². The number of amides is 3. The van der Waals surface area contributed by atoms with Crippen molar-refractivity contribution in [1.82, 2.24) is 15.3 Å². The van der Waals surface area contributed by atoms with Crippen molar-refractivity contribution in [2.24, 2.45) is 5.73 Å². The van der Waals surface area contributed by atoms with Crippen molar-refractivity contribution < 1.29 is 18.8 Å². The van der Waals surface area contributed by atoms with Crippen molar-refractivity contribution in [3.05, 3.63) is 59.0 Å². The van der Waals surface area contributed by atoms with E-state index in [9.17, 15) is 18.8 Å². The molecular formula is C18H16FN5O3S. The van der Waals surface area contributed by atoms with Gasteiger partial charge in [0.05, 0.1) is 5.69 Å². The van der Waals surface area contributed by atoms with Gasteiger partial charge in [-0.3, -0.25) is 14.4 Å². The number of halogens is 1. The van der Waals surface area contributed by atoms with E-state index < -0.39 is 11.7 Å². The second kappa shape index (κ2) is 8.44. The summed E-state index contributed by atoms with van der Waals surface area (Å²) in [6, 6.07) is 6.70. The third-order valence-electron chi connectivity index (χ3n) is 3.74. The third-order valence-corrected chi connectivity index (χ3v) is 4.50. The monoisotopic (exact) mass is 401 g/mol. The van der Waals surface area contributed by atoms with Crippen LogP contribution in [0.25, 0.3) is 11.3 Å². The van der Waals surface area contributed by atoms with Crippen LogP contribution in [0.5, 0.6) is 0 Å². The van der Waals surface area contributed by atoms with E-state index in [0.29, 0.717) is 22.0 Å². The van der Waals surface area contributed by atoms with Gasteiger partial charge in [-0.05, 0) is 30.3 Å². The lowest BCUT2D eigenvalue weighted by Gasteiger charge is -2.05. The van der Waals surface area contributed by atoms with E-state index in [4.69, 9.17) is 5.73 Å². The Balaban J connectivity index is 1.48. The van der Waals surface area contributed by atoms with Crippen LogP contribution in [0.3, 0.4) is 0 Å². The van der Waals surface area contributed by atoms with E-state index in [0.717, 1.165) is 0 Å². The predicted octanol–water partition coefficient (Wildman–Crippen LogP) is 2.13. The molecule has 28 heavy (non-hydrogen) atoms. The van der Waals surface area contributed by atoms with Crippen LogP contribution in [0.1, 0.15) is 27.3 Å². The van der Waals surface area contributed by atoms with Gasteiger partial charge in [0.15, 0.2) is 5.13 Å². The molecule has 0 aliphatic carbocycles. The number of nitrogens with zero attached hydrogens (tertiary/aromatic N) is 1. The van der Waals surface area contributed by atoms with Crippen molar-refractivity contribution in [1.29, 1.82) is 0 Å². The molecule has 3 amide bonds. The normalized spacial score (nSPS) is 10.5. The van der Waals surface area contributed by atoms with Gasteiger partial charge in [-0.2, -0.15) is 0 Å². The predicted molar refractivity (Wildman–Crippen MR) is 102 cm³/mol. The summed E-state index contributed by atoms with van der Waals surface area (Å²) in [6.07, 6.45) is 1.66. The Labute approximate surface area is 163 Å². The number of H-pyrrole nitrogens is 1. The minimum Gasteiger partial charge on any atom is -0.364 e. The summed E-state index contributed by atoms with van der Waals surface area (Å²) in [6.45, 7) is 0.125. The molecule has 0 saturated carbocycles. The van der Waals surface area contributed by atoms with Gasteiger partial charge in [-0.15, -0.1) is 11.3 Å². The molecule has 10 heteroatoms. The number of benzene rings is 1. The molecule has 0 unspecified atom stereocenters. The number of hydrogen-bond donors (Lipinski definition) is 4. The number of nitrogens with two attached hydrogens (primary N) is 1. The van der Waals surface area contributed by atoms with Gasteiger partial charge in [-0.1, -0.05) is 0 Å². The molecule has 144 valence electrons. The van der Waals surface area contributed by atoms with Crippen LogP contribution in [0.4, 0.5) is 9.52 Å². The number of thiazole rings is 1. The van der Waals surface area contributed by atoms with Crippen molar-refractivity contribution in [2.45, 2.75) is 6.42 Å². The molecular weight excluding hydrogens is 385 g/mol. The van der Waals surface area contributed by atoms with E-state index >= 15 is 0 Å². The molecule has 8 nitrogen and oxygen atoms in total.